The summed E-state index contributed by atoms with van der Waals surface area (Å²) < 4.78 is 16.7. The first-order valence-electron chi connectivity index (χ1n) is 22.9. The van der Waals surface area contributed by atoms with Crippen LogP contribution in [-0.2, 0) is 28.6 Å². The van der Waals surface area contributed by atoms with E-state index in [4.69, 9.17) is 14.2 Å². The van der Waals surface area contributed by atoms with Crippen molar-refractivity contribution in [1.29, 1.82) is 0 Å². The van der Waals surface area contributed by atoms with Crippen molar-refractivity contribution in [3.63, 3.8) is 0 Å². The summed E-state index contributed by atoms with van der Waals surface area (Å²) >= 11 is 0. The van der Waals surface area contributed by atoms with E-state index in [-0.39, 0.29) is 31.1 Å². The maximum Gasteiger partial charge on any atom is 0.306 e. The highest BCUT2D eigenvalue weighted by molar-refractivity contribution is 5.71. The van der Waals surface area contributed by atoms with Crippen molar-refractivity contribution in [1.82, 2.24) is 0 Å². The Hall–Kier alpha value is -1.59. The molecule has 0 aromatic carbocycles. The molecule has 0 rings (SSSR count). The van der Waals surface area contributed by atoms with Gasteiger partial charge in [0.25, 0.3) is 0 Å². The molecule has 0 N–H and O–H groups in total. The quantitative estimate of drug-likeness (QED) is 0.0353. The summed E-state index contributed by atoms with van der Waals surface area (Å²) in [5, 5.41) is 0. The predicted molar refractivity (Wildman–Crippen MR) is 220 cm³/mol. The van der Waals surface area contributed by atoms with Crippen LogP contribution in [0.3, 0.4) is 0 Å². The van der Waals surface area contributed by atoms with Gasteiger partial charge in [0.1, 0.15) is 13.2 Å². The molecule has 0 bridgehead atoms. The summed E-state index contributed by atoms with van der Waals surface area (Å²) in [6.45, 7) is 8.95. The third kappa shape index (κ3) is 39.6. The first-order valence-corrected chi connectivity index (χ1v) is 22.9. The zero-order chi connectivity index (χ0) is 38.2. The van der Waals surface area contributed by atoms with Gasteiger partial charge in [0.05, 0.1) is 0 Å². The number of ether oxygens (including phenoxy) is 3. The fourth-order valence-corrected chi connectivity index (χ4v) is 6.80. The Labute approximate surface area is 323 Å². The lowest BCUT2D eigenvalue weighted by atomic mass is 10.0. The Morgan fingerprint density at radius 3 is 0.942 bits per heavy atom. The molecular formula is C46H88O6. The lowest BCUT2D eigenvalue weighted by Gasteiger charge is -2.18. The molecule has 0 fully saturated rings. The van der Waals surface area contributed by atoms with E-state index >= 15 is 0 Å². The number of hydrogen-bond donors (Lipinski definition) is 0. The average molecular weight is 737 g/mol. The second-order valence-corrected chi connectivity index (χ2v) is 16.2. The van der Waals surface area contributed by atoms with E-state index < -0.39 is 6.10 Å². The van der Waals surface area contributed by atoms with Crippen molar-refractivity contribution < 1.29 is 28.6 Å². The van der Waals surface area contributed by atoms with Crippen molar-refractivity contribution in [2.24, 2.45) is 5.92 Å². The van der Waals surface area contributed by atoms with E-state index in [9.17, 15) is 14.4 Å². The van der Waals surface area contributed by atoms with Crippen LogP contribution in [0, 0.1) is 5.92 Å². The molecule has 0 radical (unpaired) electrons. The molecule has 0 spiro atoms. The summed E-state index contributed by atoms with van der Waals surface area (Å²) in [6.07, 6.45) is 39.4. The molecule has 6 heteroatoms. The smallest absolute Gasteiger partial charge is 0.306 e. The maximum absolute atomic E-state index is 12.7. The second-order valence-electron chi connectivity index (χ2n) is 16.2. The van der Waals surface area contributed by atoms with Crippen molar-refractivity contribution in [2.45, 2.75) is 259 Å². The fourth-order valence-electron chi connectivity index (χ4n) is 6.80. The Bertz CT molecular complexity index is 781. The number of esters is 3. The largest absolute Gasteiger partial charge is 0.462 e. The molecule has 0 aliphatic rings. The van der Waals surface area contributed by atoms with Gasteiger partial charge >= 0.3 is 17.9 Å². The third-order valence-electron chi connectivity index (χ3n) is 10.3. The minimum absolute atomic E-state index is 0.0641. The van der Waals surface area contributed by atoms with Crippen molar-refractivity contribution in [3.05, 3.63) is 0 Å². The van der Waals surface area contributed by atoms with Gasteiger partial charge in [-0.15, -0.1) is 0 Å². The standard InChI is InChI=1S/C46H88O6/c1-5-7-9-11-13-15-17-18-19-21-27-31-35-39-46(49)52-43(40-50-44(47)37-33-29-25-20-16-14-12-10-8-6-2)41-51-45(48)38-34-30-26-23-22-24-28-32-36-42(3)4/h42-43H,5-41H2,1-4H3/t43-/m1/s1. The van der Waals surface area contributed by atoms with Crippen molar-refractivity contribution in [2.75, 3.05) is 13.2 Å². The van der Waals surface area contributed by atoms with Crippen LogP contribution in [0.5, 0.6) is 0 Å². The van der Waals surface area contributed by atoms with Crippen LogP contribution in [0.15, 0.2) is 0 Å². The van der Waals surface area contributed by atoms with Gasteiger partial charge in [-0.1, -0.05) is 214 Å². The summed E-state index contributed by atoms with van der Waals surface area (Å²) in [5.74, 6) is -0.0596. The third-order valence-corrected chi connectivity index (χ3v) is 10.3. The number of unbranched alkanes of at least 4 members (excludes halogenated alkanes) is 28. The molecule has 0 aliphatic carbocycles. The van der Waals surface area contributed by atoms with E-state index in [1.54, 1.807) is 0 Å². The van der Waals surface area contributed by atoms with E-state index in [0.29, 0.717) is 19.3 Å². The van der Waals surface area contributed by atoms with Crippen LogP contribution >= 0.6 is 0 Å². The minimum Gasteiger partial charge on any atom is -0.462 e. The number of carbonyl (C=O) groups is 3. The number of hydrogen-bond acceptors (Lipinski definition) is 6. The van der Waals surface area contributed by atoms with Gasteiger partial charge in [-0.25, -0.2) is 0 Å². The molecule has 0 amide bonds. The zero-order valence-electron chi connectivity index (χ0n) is 35.3. The van der Waals surface area contributed by atoms with Crippen molar-refractivity contribution >= 4 is 17.9 Å². The lowest BCUT2D eigenvalue weighted by molar-refractivity contribution is -0.167. The molecule has 308 valence electrons. The van der Waals surface area contributed by atoms with Crippen LogP contribution in [0.4, 0.5) is 0 Å². The Balaban J connectivity index is 4.33. The molecule has 52 heavy (non-hydrogen) atoms. The summed E-state index contributed by atoms with van der Waals surface area (Å²) in [6, 6.07) is 0. The maximum atomic E-state index is 12.7. The van der Waals surface area contributed by atoms with Crippen LogP contribution < -0.4 is 0 Å². The minimum atomic E-state index is -0.759. The highest BCUT2D eigenvalue weighted by Gasteiger charge is 2.19. The summed E-state index contributed by atoms with van der Waals surface area (Å²) in [4.78, 5) is 37.7. The van der Waals surface area contributed by atoms with Crippen LogP contribution in [0.2, 0.25) is 0 Å². The summed E-state index contributed by atoms with van der Waals surface area (Å²) in [7, 11) is 0. The average Bonchev–Trinajstić information content (AvgIpc) is 3.12. The molecule has 0 saturated carbocycles. The summed E-state index contributed by atoms with van der Waals surface area (Å²) in [5.41, 5.74) is 0. The second kappa shape index (κ2) is 40.6. The Kier molecular flexibility index (Phi) is 39.4. The lowest BCUT2D eigenvalue weighted by Crippen LogP contribution is -2.30. The van der Waals surface area contributed by atoms with E-state index in [1.807, 2.05) is 0 Å². The molecule has 1 atom stereocenters. The van der Waals surface area contributed by atoms with Gasteiger partial charge in [0, 0.05) is 19.3 Å². The van der Waals surface area contributed by atoms with E-state index in [2.05, 4.69) is 27.7 Å². The SMILES string of the molecule is CCCCCCCCCCCCCCCC(=O)O[C@H](COC(=O)CCCCCCCCCCCC)COC(=O)CCCCCCCCCCC(C)C. The van der Waals surface area contributed by atoms with Gasteiger partial charge in [-0.05, 0) is 25.2 Å². The van der Waals surface area contributed by atoms with Crippen molar-refractivity contribution in [3.8, 4) is 0 Å². The first-order chi connectivity index (χ1) is 25.4. The normalized spacial score (nSPS) is 11.9. The molecule has 6 nitrogen and oxygen atoms in total. The predicted octanol–water partition coefficient (Wildman–Crippen LogP) is 14.3. The first kappa shape index (κ1) is 50.4. The van der Waals surface area contributed by atoms with Crippen LogP contribution in [0.25, 0.3) is 0 Å². The Morgan fingerprint density at radius 2 is 0.635 bits per heavy atom. The molecule has 0 aromatic heterocycles. The van der Waals surface area contributed by atoms with Gasteiger partial charge < -0.3 is 14.2 Å². The van der Waals surface area contributed by atoms with E-state index in [1.165, 1.54) is 148 Å². The highest BCUT2D eigenvalue weighted by Crippen LogP contribution is 2.16. The fraction of sp³-hybridized carbons (Fsp3) is 0.935. The van der Waals surface area contributed by atoms with Gasteiger partial charge in [-0.3, -0.25) is 14.4 Å². The molecule has 0 heterocycles. The highest BCUT2D eigenvalue weighted by atomic mass is 16.6. The number of rotatable bonds is 41. The molecular weight excluding hydrogens is 648 g/mol. The van der Waals surface area contributed by atoms with Crippen LogP contribution in [-0.4, -0.2) is 37.2 Å². The van der Waals surface area contributed by atoms with Gasteiger partial charge in [0.15, 0.2) is 6.10 Å². The molecule has 0 aliphatic heterocycles. The van der Waals surface area contributed by atoms with Crippen LogP contribution in [0.1, 0.15) is 252 Å². The van der Waals surface area contributed by atoms with Gasteiger partial charge in [-0.2, -0.15) is 0 Å². The Morgan fingerprint density at radius 1 is 0.365 bits per heavy atom. The van der Waals surface area contributed by atoms with E-state index in [0.717, 1.165) is 63.7 Å². The zero-order valence-corrected chi connectivity index (χ0v) is 35.3. The molecule has 0 unspecified atom stereocenters. The number of carbonyl (C=O) groups excluding carboxylic acids is 3. The molecule has 0 aromatic rings. The monoisotopic (exact) mass is 737 g/mol. The topological polar surface area (TPSA) is 78.9 Å². The van der Waals surface area contributed by atoms with Gasteiger partial charge in [0.2, 0.25) is 0 Å². The molecule has 0 saturated heterocycles.